The summed E-state index contributed by atoms with van der Waals surface area (Å²) < 4.78 is 6.67. The number of rotatable bonds is 3. The van der Waals surface area contributed by atoms with Crippen molar-refractivity contribution in [1.82, 2.24) is 4.98 Å². The van der Waals surface area contributed by atoms with E-state index in [9.17, 15) is 0 Å². The molecule has 0 radical (unpaired) electrons. The SMILES string of the molecule is N#Cc1cc(Br)ccc1OCc1ccnc2ccccc12. The second-order valence-corrected chi connectivity index (χ2v) is 5.44. The number of fused-ring (bicyclic) bond motifs is 1. The van der Waals surface area contributed by atoms with Gasteiger partial charge in [-0.3, -0.25) is 4.98 Å². The second kappa shape index (κ2) is 5.94. The predicted octanol–water partition coefficient (Wildman–Crippen LogP) is 4.45. The van der Waals surface area contributed by atoms with E-state index in [1.54, 1.807) is 18.3 Å². The summed E-state index contributed by atoms with van der Waals surface area (Å²) in [5.41, 5.74) is 2.50. The monoisotopic (exact) mass is 338 g/mol. The third-order valence-electron chi connectivity index (χ3n) is 3.18. The molecule has 102 valence electrons. The number of aromatic nitrogens is 1. The van der Waals surface area contributed by atoms with E-state index in [0.29, 0.717) is 17.9 Å². The molecular formula is C17H11BrN2O. The number of nitriles is 1. The minimum Gasteiger partial charge on any atom is -0.487 e. The highest BCUT2D eigenvalue weighted by Gasteiger charge is 2.06. The maximum absolute atomic E-state index is 9.15. The Labute approximate surface area is 130 Å². The summed E-state index contributed by atoms with van der Waals surface area (Å²) in [6.07, 6.45) is 1.77. The van der Waals surface area contributed by atoms with Crippen molar-refractivity contribution in [3.63, 3.8) is 0 Å². The van der Waals surface area contributed by atoms with Gasteiger partial charge in [0.15, 0.2) is 0 Å². The Hall–Kier alpha value is -2.38. The molecule has 0 bridgehead atoms. The van der Waals surface area contributed by atoms with Gasteiger partial charge in [0.1, 0.15) is 18.4 Å². The molecule has 1 heterocycles. The van der Waals surface area contributed by atoms with Crippen LogP contribution < -0.4 is 4.74 Å². The number of hydrogen-bond donors (Lipinski definition) is 0. The molecule has 0 aliphatic heterocycles. The van der Waals surface area contributed by atoms with Gasteiger partial charge in [0.2, 0.25) is 0 Å². The molecule has 21 heavy (non-hydrogen) atoms. The first-order valence-corrected chi connectivity index (χ1v) is 7.22. The summed E-state index contributed by atoms with van der Waals surface area (Å²) in [6, 6.07) is 17.4. The third kappa shape index (κ3) is 2.88. The van der Waals surface area contributed by atoms with E-state index in [-0.39, 0.29) is 0 Å². The van der Waals surface area contributed by atoms with Gasteiger partial charge in [-0.05, 0) is 30.3 Å². The third-order valence-corrected chi connectivity index (χ3v) is 3.68. The molecule has 1 aromatic heterocycles. The van der Waals surface area contributed by atoms with Crippen LogP contribution in [0, 0.1) is 11.3 Å². The number of para-hydroxylation sites is 1. The van der Waals surface area contributed by atoms with Crippen molar-refractivity contribution in [1.29, 1.82) is 5.26 Å². The first kappa shape index (κ1) is 13.6. The highest BCUT2D eigenvalue weighted by Crippen LogP contribution is 2.24. The number of nitrogens with zero attached hydrogens (tertiary/aromatic N) is 2. The van der Waals surface area contributed by atoms with Crippen LogP contribution in [-0.4, -0.2) is 4.98 Å². The minimum absolute atomic E-state index is 0.402. The minimum atomic E-state index is 0.402. The van der Waals surface area contributed by atoms with E-state index in [2.05, 4.69) is 27.0 Å². The summed E-state index contributed by atoms with van der Waals surface area (Å²) in [5, 5.41) is 10.2. The molecule has 0 saturated carbocycles. The lowest BCUT2D eigenvalue weighted by Crippen LogP contribution is -1.98. The molecule has 0 aliphatic rings. The van der Waals surface area contributed by atoms with Crippen molar-refractivity contribution in [2.75, 3.05) is 0 Å². The van der Waals surface area contributed by atoms with Crippen LogP contribution in [0.2, 0.25) is 0 Å². The van der Waals surface area contributed by atoms with Gasteiger partial charge in [-0.1, -0.05) is 34.1 Å². The molecule has 0 N–H and O–H groups in total. The van der Waals surface area contributed by atoms with Crippen LogP contribution in [-0.2, 0) is 6.61 Å². The van der Waals surface area contributed by atoms with Gasteiger partial charge in [-0.2, -0.15) is 5.26 Å². The van der Waals surface area contributed by atoms with Crippen LogP contribution in [0.15, 0.2) is 59.2 Å². The second-order valence-electron chi connectivity index (χ2n) is 4.53. The van der Waals surface area contributed by atoms with Gasteiger partial charge in [0, 0.05) is 21.6 Å². The lowest BCUT2D eigenvalue weighted by Gasteiger charge is -2.10. The molecule has 0 atom stereocenters. The average molecular weight is 339 g/mol. The zero-order valence-electron chi connectivity index (χ0n) is 11.1. The maximum Gasteiger partial charge on any atom is 0.137 e. The Balaban J connectivity index is 1.89. The first-order valence-electron chi connectivity index (χ1n) is 6.43. The highest BCUT2D eigenvalue weighted by atomic mass is 79.9. The number of hydrogen-bond acceptors (Lipinski definition) is 3. The molecule has 0 unspecified atom stereocenters. The van der Waals surface area contributed by atoms with Gasteiger partial charge >= 0.3 is 0 Å². The quantitative estimate of drug-likeness (QED) is 0.708. The molecule has 0 saturated heterocycles. The Morgan fingerprint density at radius 2 is 2.00 bits per heavy atom. The summed E-state index contributed by atoms with van der Waals surface area (Å²) >= 11 is 3.35. The zero-order valence-corrected chi connectivity index (χ0v) is 12.7. The van der Waals surface area contributed by atoms with Crippen LogP contribution in [0.3, 0.4) is 0 Å². The first-order chi connectivity index (χ1) is 10.3. The van der Waals surface area contributed by atoms with E-state index in [4.69, 9.17) is 10.00 Å². The predicted molar refractivity (Wildman–Crippen MR) is 84.9 cm³/mol. The number of ether oxygens (including phenoxy) is 1. The Morgan fingerprint density at radius 1 is 1.14 bits per heavy atom. The van der Waals surface area contributed by atoms with Crippen LogP contribution in [0.1, 0.15) is 11.1 Å². The smallest absolute Gasteiger partial charge is 0.137 e. The Kier molecular flexibility index (Phi) is 3.85. The van der Waals surface area contributed by atoms with E-state index in [1.165, 1.54) is 0 Å². The average Bonchev–Trinajstić information content (AvgIpc) is 2.53. The van der Waals surface area contributed by atoms with Crippen molar-refractivity contribution in [3.8, 4) is 11.8 Å². The number of pyridine rings is 1. The summed E-state index contributed by atoms with van der Waals surface area (Å²) in [4.78, 5) is 4.33. The molecule has 3 aromatic rings. The van der Waals surface area contributed by atoms with Gasteiger partial charge in [-0.25, -0.2) is 0 Å². The molecular weight excluding hydrogens is 328 g/mol. The van der Waals surface area contributed by atoms with Crippen LogP contribution in [0.25, 0.3) is 10.9 Å². The summed E-state index contributed by atoms with van der Waals surface area (Å²) in [6.45, 7) is 0.402. The van der Waals surface area contributed by atoms with Crippen molar-refractivity contribution in [2.24, 2.45) is 0 Å². The fourth-order valence-corrected chi connectivity index (χ4v) is 2.51. The van der Waals surface area contributed by atoms with Crippen LogP contribution in [0.5, 0.6) is 5.75 Å². The van der Waals surface area contributed by atoms with Crippen LogP contribution in [0.4, 0.5) is 0 Å². The lowest BCUT2D eigenvalue weighted by molar-refractivity contribution is 0.306. The van der Waals surface area contributed by atoms with Gasteiger partial charge in [0.25, 0.3) is 0 Å². The summed E-state index contributed by atoms with van der Waals surface area (Å²) in [5.74, 6) is 0.585. The molecule has 3 rings (SSSR count). The summed E-state index contributed by atoms with van der Waals surface area (Å²) in [7, 11) is 0. The van der Waals surface area contributed by atoms with Crippen molar-refractivity contribution >= 4 is 26.8 Å². The van der Waals surface area contributed by atoms with Gasteiger partial charge in [0.05, 0.1) is 11.1 Å². The Morgan fingerprint density at radius 3 is 2.86 bits per heavy atom. The Bertz CT molecular complexity index is 834. The molecule has 3 nitrogen and oxygen atoms in total. The molecule has 4 heteroatoms. The molecule has 0 fully saturated rings. The van der Waals surface area contributed by atoms with E-state index >= 15 is 0 Å². The molecule has 0 aliphatic carbocycles. The lowest BCUT2D eigenvalue weighted by atomic mass is 10.1. The van der Waals surface area contributed by atoms with Crippen molar-refractivity contribution < 1.29 is 4.74 Å². The van der Waals surface area contributed by atoms with E-state index < -0.39 is 0 Å². The fraction of sp³-hybridized carbons (Fsp3) is 0.0588. The maximum atomic E-state index is 9.15. The number of halogens is 1. The normalized spacial score (nSPS) is 10.3. The molecule has 2 aromatic carbocycles. The number of benzene rings is 2. The largest absolute Gasteiger partial charge is 0.487 e. The zero-order chi connectivity index (χ0) is 14.7. The van der Waals surface area contributed by atoms with E-state index in [1.807, 2.05) is 36.4 Å². The van der Waals surface area contributed by atoms with Gasteiger partial charge < -0.3 is 4.74 Å². The van der Waals surface area contributed by atoms with Crippen molar-refractivity contribution in [2.45, 2.75) is 6.61 Å². The standard InChI is InChI=1S/C17H11BrN2O/c18-14-5-6-17(13(9-14)10-19)21-11-12-7-8-20-16-4-2-1-3-15(12)16/h1-9H,11H2. The fourth-order valence-electron chi connectivity index (χ4n) is 2.15. The van der Waals surface area contributed by atoms with E-state index in [0.717, 1.165) is 20.9 Å². The topological polar surface area (TPSA) is 45.9 Å². The van der Waals surface area contributed by atoms with Crippen molar-refractivity contribution in [3.05, 3.63) is 70.3 Å². The highest BCUT2D eigenvalue weighted by molar-refractivity contribution is 9.10. The van der Waals surface area contributed by atoms with Gasteiger partial charge in [-0.15, -0.1) is 0 Å². The molecule has 0 amide bonds. The molecule has 0 spiro atoms. The van der Waals surface area contributed by atoms with Crippen LogP contribution >= 0.6 is 15.9 Å².